The number of hydrogen-bond donors (Lipinski definition) is 0. The summed E-state index contributed by atoms with van der Waals surface area (Å²) < 4.78 is 4.97. The van der Waals surface area contributed by atoms with E-state index in [2.05, 4.69) is 9.97 Å². The third kappa shape index (κ3) is 2.13. The van der Waals surface area contributed by atoms with E-state index < -0.39 is 0 Å². The Morgan fingerprint density at radius 3 is 2.95 bits per heavy atom. The Balaban J connectivity index is 1.86. The fraction of sp³-hybridized carbons (Fsp3) is 0.357. The lowest BCUT2D eigenvalue weighted by molar-refractivity contribution is 0.0731. The SMILES string of the molecule is CN(C)c1ncnc2c1CCN(C(=O)c1ccoc1)C2. The first-order chi connectivity index (χ1) is 9.66. The van der Waals surface area contributed by atoms with Gasteiger partial charge in [-0.3, -0.25) is 4.79 Å². The first-order valence-corrected chi connectivity index (χ1v) is 6.48. The number of nitrogens with zero attached hydrogens (tertiary/aromatic N) is 4. The predicted octanol–water partition coefficient (Wildman–Crippen LogP) is 1.33. The number of rotatable bonds is 2. The van der Waals surface area contributed by atoms with E-state index in [4.69, 9.17) is 4.42 Å². The molecule has 0 N–H and O–H groups in total. The lowest BCUT2D eigenvalue weighted by atomic mass is 10.0. The van der Waals surface area contributed by atoms with Crippen LogP contribution in [0.4, 0.5) is 5.82 Å². The van der Waals surface area contributed by atoms with Crippen molar-refractivity contribution in [1.82, 2.24) is 14.9 Å². The van der Waals surface area contributed by atoms with Crippen LogP contribution in [0.25, 0.3) is 0 Å². The minimum Gasteiger partial charge on any atom is -0.472 e. The highest BCUT2D eigenvalue weighted by Gasteiger charge is 2.25. The number of carbonyl (C=O) groups is 1. The zero-order valence-corrected chi connectivity index (χ0v) is 11.5. The summed E-state index contributed by atoms with van der Waals surface area (Å²) in [5.74, 6) is 0.917. The number of carbonyl (C=O) groups excluding carboxylic acids is 1. The molecule has 6 nitrogen and oxygen atoms in total. The molecule has 3 rings (SSSR count). The maximum absolute atomic E-state index is 12.3. The zero-order chi connectivity index (χ0) is 14.1. The Labute approximate surface area is 117 Å². The Hall–Kier alpha value is -2.37. The van der Waals surface area contributed by atoms with Gasteiger partial charge in [-0.15, -0.1) is 0 Å². The van der Waals surface area contributed by atoms with Crippen LogP contribution in [0, 0.1) is 0 Å². The van der Waals surface area contributed by atoms with Crippen LogP contribution in [0.5, 0.6) is 0 Å². The van der Waals surface area contributed by atoms with Gasteiger partial charge in [0.15, 0.2) is 0 Å². The van der Waals surface area contributed by atoms with Gasteiger partial charge in [0.25, 0.3) is 5.91 Å². The third-order valence-corrected chi connectivity index (χ3v) is 3.46. The average Bonchev–Trinajstić information content (AvgIpc) is 2.99. The molecule has 20 heavy (non-hydrogen) atoms. The Morgan fingerprint density at radius 1 is 1.40 bits per heavy atom. The average molecular weight is 272 g/mol. The van der Waals surface area contributed by atoms with Gasteiger partial charge in [-0.25, -0.2) is 9.97 Å². The molecule has 0 bridgehead atoms. The van der Waals surface area contributed by atoms with Gasteiger partial charge in [0.05, 0.1) is 24.1 Å². The highest BCUT2D eigenvalue weighted by atomic mass is 16.3. The predicted molar refractivity (Wildman–Crippen MR) is 73.5 cm³/mol. The van der Waals surface area contributed by atoms with Gasteiger partial charge < -0.3 is 14.2 Å². The smallest absolute Gasteiger partial charge is 0.257 e. The minimum absolute atomic E-state index is 0.0191. The van der Waals surface area contributed by atoms with E-state index in [0.29, 0.717) is 18.7 Å². The van der Waals surface area contributed by atoms with Crippen molar-refractivity contribution in [3.63, 3.8) is 0 Å². The molecular formula is C14H16N4O2. The highest BCUT2D eigenvalue weighted by Crippen LogP contribution is 2.25. The molecule has 104 valence electrons. The molecule has 0 aromatic carbocycles. The largest absolute Gasteiger partial charge is 0.472 e. The Kier molecular flexibility index (Phi) is 3.14. The van der Waals surface area contributed by atoms with Crippen molar-refractivity contribution in [2.24, 2.45) is 0 Å². The van der Waals surface area contributed by atoms with E-state index in [-0.39, 0.29) is 5.91 Å². The van der Waals surface area contributed by atoms with Crippen molar-refractivity contribution in [3.05, 3.63) is 41.7 Å². The number of anilines is 1. The molecule has 0 saturated carbocycles. The number of aromatic nitrogens is 2. The molecule has 1 aliphatic heterocycles. The third-order valence-electron chi connectivity index (χ3n) is 3.46. The van der Waals surface area contributed by atoms with Crippen molar-refractivity contribution in [1.29, 1.82) is 0 Å². The van der Waals surface area contributed by atoms with Crippen LogP contribution in [-0.4, -0.2) is 41.4 Å². The molecule has 6 heteroatoms. The van der Waals surface area contributed by atoms with Crippen molar-refractivity contribution >= 4 is 11.7 Å². The minimum atomic E-state index is -0.0191. The molecule has 0 spiro atoms. The first-order valence-electron chi connectivity index (χ1n) is 6.48. The monoisotopic (exact) mass is 272 g/mol. The van der Waals surface area contributed by atoms with Crippen molar-refractivity contribution in [2.75, 3.05) is 25.5 Å². The Morgan fingerprint density at radius 2 is 2.25 bits per heavy atom. The molecule has 0 fully saturated rings. The number of furan rings is 1. The van der Waals surface area contributed by atoms with E-state index >= 15 is 0 Å². The zero-order valence-electron chi connectivity index (χ0n) is 11.5. The summed E-state index contributed by atoms with van der Waals surface area (Å²) in [4.78, 5) is 24.7. The van der Waals surface area contributed by atoms with E-state index in [9.17, 15) is 4.79 Å². The standard InChI is InChI=1S/C14H16N4O2/c1-17(2)13-11-3-5-18(7-12(11)15-9-16-13)14(19)10-4-6-20-8-10/h4,6,8-9H,3,5,7H2,1-2H3. The van der Waals surface area contributed by atoms with Gasteiger partial charge in [-0.05, 0) is 12.5 Å². The second-order valence-corrected chi connectivity index (χ2v) is 5.01. The lowest BCUT2D eigenvalue weighted by Gasteiger charge is -2.29. The maximum Gasteiger partial charge on any atom is 0.257 e. The van der Waals surface area contributed by atoms with Gasteiger partial charge in [0, 0.05) is 26.2 Å². The first kappa shape index (κ1) is 12.7. The molecule has 0 atom stereocenters. The van der Waals surface area contributed by atoms with E-state index in [1.165, 1.54) is 12.5 Å². The van der Waals surface area contributed by atoms with Crippen molar-refractivity contribution in [3.8, 4) is 0 Å². The van der Waals surface area contributed by atoms with E-state index in [1.54, 1.807) is 17.3 Å². The highest BCUT2D eigenvalue weighted by molar-refractivity contribution is 5.93. The second kappa shape index (κ2) is 4.96. The summed E-state index contributed by atoms with van der Waals surface area (Å²) in [7, 11) is 3.93. The topological polar surface area (TPSA) is 62.5 Å². The Bertz CT molecular complexity index is 622. The summed E-state index contributed by atoms with van der Waals surface area (Å²) in [6.07, 6.45) is 5.31. The fourth-order valence-electron chi connectivity index (χ4n) is 2.46. The van der Waals surface area contributed by atoms with Gasteiger partial charge in [0.2, 0.25) is 0 Å². The number of hydrogen-bond acceptors (Lipinski definition) is 5. The molecule has 0 saturated heterocycles. The molecule has 2 aromatic heterocycles. The van der Waals surface area contributed by atoms with Crippen molar-refractivity contribution < 1.29 is 9.21 Å². The molecule has 2 aromatic rings. The quantitative estimate of drug-likeness (QED) is 0.825. The van der Waals surface area contributed by atoms with Crippen LogP contribution >= 0.6 is 0 Å². The van der Waals surface area contributed by atoms with Gasteiger partial charge in [-0.2, -0.15) is 0 Å². The summed E-state index contributed by atoms with van der Waals surface area (Å²) >= 11 is 0. The molecule has 0 aliphatic carbocycles. The molecule has 3 heterocycles. The molecule has 0 radical (unpaired) electrons. The normalized spacial score (nSPS) is 14.0. The summed E-state index contributed by atoms with van der Waals surface area (Å²) in [6, 6.07) is 1.68. The number of fused-ring (bicyclic) bond motifs is 1. The second-order valence-electron chi connectivity index (χ2n) is 5.01. The van der Waals surface area contributed by atoms with Crippen molar-refractivity contribution in [2.45, 2.75) is 13.0 Å². The van der Waals surface area contributed by atoms with Gasteiger partial charge >= 0.3 is 0 Å². The van der Waals surface area contributed by atoms with Crippen LogP contribution in [0.2, 0.25) is 0 Å². The molecule has 1 aliphatic rings. The van der Waals surface area contributed by atoms with Crippen LogP contribution < -0.4 is 4.90 Å². The van der Waals surface area contributed by atoms with Crippen LogP contribution in [-0.2, 0) is 13.0 Å². The molecular weight excluding hydrogens is 256 g/mol. The lowest BCUT2D eigenvalue weighted by Crippen LogP contribution is -2.37. The van der Waals surface area contributed by atoms with Crippen LogP contribution in [0.15, 0.2) is 29.3 Å². The summed E-state index contributed by atoms with van der Waals surface area (Å²) in [5, 5.41) is 0. The van der Waals surface area contributed by atoms with E-state index in [0.717, 1.165) is 23.5 Å². The van der Waals surface area contributed by atoms with Gasteiger partial charge in [0.1, 0.15) is 18.4 Å². The number of amides is 1. The molecule has 1 amide bonds. The van der Waals surface area contributed by atoms with E-state index in [1.807, 2.05) is 19.0 Å². The van der Waals surface area contributed by atoms with Crippen LogP contribution in [0.3, 0.4) is 0 Å². The maximum atomic E-state index is 12.3. The molecule has 0 unspecified atom stereocenters. The summed E-state index contributed by atoms with van der Waals surface area (Å²) in [6.45, 7) is 1.19. The van der Waals surface area contributed by atoms with Gasteiger partial charge in [-0.1, -0.05) is 0 Å². The fourth-order valence-corrected chi connectivity index (χ4v) is 2.46. The summed E-state index contributed by atoms with van der Waals surface area (Å²) in [5.41, 5.74) is 2.64. The van der Waals surface area contributed by atoms with Crippen LogP contribution in [0.1, 0.15) is 21.6 Å².